The van der Waals surface area contributed by atoms with Gasteiger partial charge in [0.05, 0.1) is 5.69 Å². The number of aryl methyl sites for hydroxylation is 1. The molecule has 1 fully saturated rings. The number of hydrogen-bond acceptors (Lipinski definition) is 3. The zero-order valence-corrected chi connectivity index (χ0v) is 15.6. The Bertz CT molecular complexity index is 893. The largest absolute Gasteiger partial charge is 0.366 e. The SMILES string of the molecule is CC(=O)c1ccc(N2CCN(C(=O)CCc3ccc(F)c(F)c3)CC2)c(F)c1. The van der Waals surface area contributed by atoms with Gasteiger partial charge in [-0.05, 0) is 49.2 Å². The molecule has 2 aromatic rings. The standard InChI is InChI=1S/C21H21F3N2O2/c1-14(27)16-4-6-20(19(24)13-16)25-8-10-26(11-9-25)21(28)7-3-15-2-5-17(22)18(23)12-15/h2,4-6,12-13H,3,7-11H2,1H3. The number of piperazine rings is 1. The summed E-state index contributed by atoms with van der Waals surface area (Å²) in [5.74, 6) is -2.55. The van der Waals surface area contributed by atoms with Crippen LogP contribution in [0.3, 0.4) is 0 Å². The fraction of sp³-hybridized carbons (Fsp3) is 0.333. The van der Waals surface area contributed by atoms with Crippen LogP contribution in [0.5, 0.6) is 0 Å². The molecule has 1 heterocycles. The van der Waals surface area contributed by atoms with Crippen LogP contribution in [0.4, 0.5) is 18.9 Å². The van der Waals surface area contributed by atoms with E-state index in [0.717, 1.165) is 12.1 Å². The van der Waals surface area contributed by atoms with Gasteiger partial charge in [0.2, 0.25) is 5.91 Å². The minimum Gasteiger partial charge on any atom is -0.366 e. The van der Waals surface area contributed by atoms with E-state index in [4.69, 9.17) is 0 Å². The summed E-state index contributed by atoms with van der Waals surface area (Å²) in [7, 11) is 0. The highest BCUT2D eigenvalue weighted by molar-refractivity contribution is 5.94. The second-order valence-corrected chi connectivity index (χ2v) is 6.84. The molecule has 0 bridgehead atoms. The summed E-state index contributed by atoms with van der Waals surface area (Å²) in [4.78, 5) is 27.3. The maximum Gasteiger partial charge on any atom is 0.223 e. The second-order valence-electron chi connectivity index (χ2n) is 6.84. The Hall–Kier alpha value is -2.83. The van der Waals surface area contributed by atoms with Gasteiger partial charge >= 0.3 is 0 Å². The van der Waals surface area contributed by atoms with Crippen molar-refractivity contribution in [1.82, 2.24) is 4.90 Å². The number of Topliss-reactive ketones (excluding diaryl/α,β-unsaturated/α-hetero) is 1. The predicted molar refractivity (Wildman–Crippen MR) is 99.9 cm³/mol. The first-order valence-corrected chi connectivity index (χ1v) is 9.12. The van der Waals surface area contributed by atoms with Gasteiger partial charge in [0.1, 0.15) is 5.82 Å². The lowest BCUT2D eigenvalue weighted by molar-refractivity contribution is -0.131. The molecule has 1 aliphatic heterocycles. The first-order valence-electron chi connectivity index (χ1n) is 9.12. The molecule has 148 valence electrons. The minimum atomic E-state index is -0.920. The van der Waals surface area contributed by atoms with Gasteiger partial charge in [-0.1, -0.05) is 6.07 Å². The highest BCUT2D eigenvalue weighted by atomic mass is 19.2. The Morgan fingerprint density at radius 2 is 1.61 bits per heavy atom. The number of ketones is 1. The van der Waals surface area contributed by atoms with E-state index in [1.165, 1.54) is 19.1 Å². The molecule has 1 aliphatic rings. The van der Waals surface area contributed by atoms with Gasteiger partial charge in [-0.15, -0.1) is 0 Å². The van der Waals surface area contributed by atoms with E-state index < -0.39 is 17.5 Å². The molecular formula is C21H21F3N2O2. The van der Waals surface area contributed by atoms with Gasteiger partial charge in [0.15, 0.2) is 17.4 Å². The highest BCUT2D eigenvalue weighted by Crippen LogP contribution is 2.22. The number of carbonyl (C=O) groups is 2. The van der Waals surface area contributed by atoms with Crippen molar-refractivity contribution < 1.29 is 22.8 Å². The molecule has 0 saturated carbocycles. The molecule has 4 nitrogen and oxygen atoms in total. The quantitative estimate of drug-likeness (QED) is 0.733. The first kappa shape index (κ1) is 19.9. The number of nitrogens with zero attached hydrogens (tertiary/aromatic N) is 2. The first-order chi connectivity index (χ1) is 13.3. The van der Waals surface area contributed by atoms with Crippen molar-refractivity contribution in [2.45, 2.75) is 19.8 Å². The Kier molecular flexibility index (Phi) is 6.02. The molecule has 0 radical (unpaired) electrons. The van der Waals surface area contributed by atoms with E-state index in [0.29, 0.717) is 49.4 Å². The van der Waals surface area contributed by atoms with Gasteiger partial charge < -0.3 is 9.80 Å². The third kappa shape index (κ3) is 4.52. The van der Waals surface area contributed by atoms with E-state index in [-0.39, 0.29) is 18.1 Å². The summed E-state index contributed by atoms with van der Waals surface area (Å²) in [5, 5.41) is 0. The number of anilines is 1. The van der Waals surface area contributed by atoms with Crippen LogP contribution < -0.4 is 4.90 Å². The van der Waals surface area contributed by atoms with Gasteiger partial charge in [0, 0.05) is 38.2 Å². The van der Waals surface area contributed by atoms with Crippen molar-refractivity contribution in [2.75, 3.05) is 31.1 Å². The molecule has 0 spiro atoms. The van der Waals surface area contributed by atoms with E-state index in [2.05, 4.69) is 0 Å². The van der Waals surface area contributed by atoms with Crippen molar-refractivity contribution in [2.24, 2.45) is 0 Å². The molecule has 7 heteroatoms. The zero-order chi connectivity index (χ0) is 20.3. The Labute approximate surface area is 161 Å². The molecule has 0 unspecified atom stereocenters. The molecule has 0 N–H and O–H groups in total. The van der Waals surface area contributed by atoms with E-state index in [1.807, 2.05) is 4.90 Å². The lowest BCUT2D eigenvalue weighted by atomic mass is 10.1. The maximum absolute atomic E-state index is 14.3. The molecule has 2 aromatic carbocycles. The number of halogens is 3. The van der Waals surface area contributed by atoms with Crippen molar-refractivity contribution in [3.63, 3.8) is 0 Å². The number of benzene rings is 2. The van der Waals surface area contributed by atoms with Crippen molar-refractivity contribution >= 4 is 17.4 Å². The van der Waals surface area contributed by atoms with Crippen LogP contribution in [0.15, 0.2) is 36.4 Å². The topological polar surface area (TPSA) is 40.6 Å². The monoisotopic (exact) mass is 390 g/mol. The van der Waals surface area contributed by atoms with Gasteiger partial charge in [-0.2, -0.15) is 0 Å². The van der Waals surface area contributed by atoms with Crippen molar-refractivity contribution in [3.8, 4) is 0 Å². The normalized spacial score (nSPS) is 14.3. The molecule has 0 aromatic heterocycles. The summed E-state index contributed by atoms with van der Waals surface area (Å²) in [6, 6.07) is 8.05. The zero-order valence-electron chi connectivity index (χ0n) is 15.6. The van der Waals surface area contributed by atoms with Crippen LogP contribution >= 0.6 is 0 Å². The molecule has 3 rings (SSSR count). The fourth-order valence-electron chi connectivity index (χ4n) is 3.28. The number of amides is 1. The Balaban J connectivity index is 1.54. The van der Waals surface area contributed by atoms with E-state index in [1.54, 1.807) is 17.0 Å². The van der Waals surface area contributed by atoms with Crippen LogP contribution in [0.2, 0.25) is 0 Å². The molecule has 28 heavy (non-hydrogen) atoms. The lowest BCUT2D eigenvalue weighted by Gasteiger charge is -2.36. The lowest BCUT2D eigenvalue weighted by Crippen LogP contribution is -2.49. The fourth-order valence-corrected chi connectivity index (χ4v) is 3.28. The minimum absolute atomic E-state index is 0.0724. The summed E-state index contributed by atoms with van der Waals surface area (Å²) < 4.78 is 40.5. The number of carbonyl (C=O) groups excluding carboxylic acids is 2. The molecule has 0 aliphatic carbocycles. The third-order valence-electron chi connectivity index (χ3n) is 4.94. The highest BCUT2D eigenvalue weighted by Gasteiger charge is 2.23. The van der Waals surface area contributed by atoms with Gasteiger partial charge in [-0.25, -0.2) is 13.2 Å². The van der Waals surface area contributed by atoms with E-state index >= 15 is 0 Å². The van der Waals surface area contributed by atoms with Gasteiger partial charge in [0.25, 0.3) is 0 Å². The smallest absolute Gasteiger partial charge is 0.223 e. The van der Waals surface area contributed by atoms with Crippen LogP contribution in [-0.2, 0) is 11.2 Å². The second kappa shape index (κ2) is 8.46. The molecule has 0 atom stereocenters. The average Bonchev–Trinajstić information content (AvgIpc) is 2.68. The van der Waals surface area contributed by atoms with Crippen LogP contribution in [0, 0.1) is 17.5 Å². The summed E-state index contributed by atoms with van der Waals surface area (Å²) in [5.41, 5.74) is 1.31. The molecule has 1 amide bonds. The van der Waals surface area contributed by atoms with E-state index in [9.17, 15) is 22.8 Å². The average molecular weight is 390 g/mol. The predicted octanol–water partition coefficient (Wildman–Crippen LogP) is 3.59. The maximum atomic E-state index is 14.3. The van der Waals surface area contributed by atoms with Crippen molar-refractivity contribution in [3.05, 3.63) is 65.0 Å². The number of rotatable bonds is 5. The number of hydrogen-bond donors (Lipinski definition) is 0. The summed E-state index contributed by atoms with van der Waals surface area (Å²) in [6.45, 7) is 3.24. The Morgan fingerprint density at radius 1 is 0.893 bits per heavy atom. The summed E-state index contributed by atoms with van der Waals surface area (Å²) in [6.07, 6.45) is 0.532. The third-order valence-corrected chi connectivity index (χ3v) is 4.94. The van der Waals surface area contributed by atoms with Crippen LogP contribution in [0.25, 0.3) is 0 Å². The molecule has 1 saturated heterocycles. The van der Waals surface area contributed by atoms with Crippen LogP contribution in [0.1, 0.15) is 29.3 Å². The Morgan fingerprint density at radius 3 is 2.21 bits per heavy atom. The van der Waals surface area contributed by atoms with Crippen molar-refractivity contribution in [1.29, 1.82) is 0 Å². The van der Waals surface area contributed by atoms with Crippen LogP contribution in [-0.4, -0.2) is 42.8 Å². The summed E-state index contributed by atoms with van der Waals surface area (Å²) >= 11 is 0. The van der Waals surface area contributed by atoms with Gasteiger partial charge in [-0.3, -0.25) is 9.59 Å². The molecular weight excluding hydrogens is 369 g/mol.